The molecule has 2 heterocycles. The lowest BCUT2D eigenvalue weighted by Gasteiger charge is -2.27. The smallest absolute Gasteiger partial charge is 0.185 e. The molecule has 0 spiro atoms. The third-order valence-corrected chi connectivity index (χ3v) is 5.41. The van der Waals surface area contributed by atoms with E-state index < -0.39 is 0 Å². The predicted molar refractivity (Wildman–Crippen MR) is 88.6 cm³/mol. The summed E-state index contributed by atoms with van der Waals surface area (Å²) >= 11 is 1.91. The van der Waals surface area contributed by atoms with Gasteiger partial charge in [-0.25, -0.2) is 4.98 Å². The minimum atomic E-state index is 0.181. The van der Waals surface area contributed by atoms with Crippen LogP contribution in [0.15, 0.2) is 0 Å². The Morgan fingerprint density at radius 2 is 2.10 bits per heavy atom. The molecule has 118 valence electrons. The molecular weight excluding hydrogens is 282 g/mol. The fourth-order valence-corrected chi connectivity index (χ4v) is 4.25. The summed E-state index contributed by atoms with van der Waals surface area (Å²) in [5, 5.41) is 4.87. The molecule has 0 aromatic carbocycles. The van der Waals surface area contributed by atoms with Crippen LogP contribution < -0.4 is 10.2 Å². The number of morpholine rings is 1. The van der Waals surface area contributed by atoms with E-state index in [4.69, 9.17) is 9.72 Å². The maximum atomic E-state index is 5.45. The van der Waals surface area contributed by atoms with Crippen LogP contribution in [0.4, 0.5) is 5.13 Å². The van der Waals surface area contributed by atoms with Gasteiger partial charge in [0.2, 0.25) is 0 Å². The van der Waals surface area contributed by atoms with Crippen LogP contribution >= 0.6 is 11.3 Å². The molecule has 1 aromatic heterocycles. The zero-order valence-electron chi connectivity index (χ0n) is 13.4. The molecule has 0 bridgehead atoms. The lowest BCUT2D eigenvalue weighted by atomic mass is 9.90. The Balaban J connectivity index is 1.73. The Morgan fingerprint density at radius 3 is 2.81 bits per heavy atom. The van der Waals surface area contributed by atoms with Gasteiger partial charge in [0.05, 0.1) is 18.9 Å². The van der Waals surface area contributed by atoms with Crippen LogP contribution in [-0.4, -0.2) is 43.4 Å². The van der Waals surface area contributed by atoms with Crippen LogP contribution in [0.2, 0.25) is 0 Å². The Hall–Kier alpha value is -0.650. The molecule has 0 saturated carbocycles. The molecule has 1 aliphatic heterocycles. The molecule has 4 nitrogen and oxygen atoms in total. The second kappa shape index (κ2) is 6.23. The molecule has 2 aliphatic rings. The van der Waals surface area contributed by atoms with E-state index in [2.05, 4.69) is 31.0 Å². The van der Waals surface area contributed by atoms with Crippen molar-refractivity contribution in [3.05, 3.63) is 10.6 Å². The summed E-state index contributed by atoms with van der Waals surface area (Å²) in [5.41, 5.74) is 1.55. The van der Waals surface area contributed by atoms with Crippen LogP contribution in [-0.2, 0) is 11.2 Å². The maximum Gasteiger partial charge on any atom is 0.185 e. The number of hydrogen-bond acceptors (Lipinski definition) is 5. The average molecular weight is 309 g/mol. The monoisotopic (exact) mass is 309 g/mol. The number of nitrogens with one attached hydrogen (secondary N) is 1. The van der Waals surface area contributed by atoms with Crippen molar-refractivity contribution in [2.75, 3.05) is 37.7 Å². The molecule has 0 radical (unpaired) electrons. The normalized spacial score (nSPS) is 23.2. The minimum Gasteiger partial charge on any atom is -0.378 e. The highest BCUT2D eigenvalue weighted by Crippen LogP contribution is 2.38. The van der Waals surface area contributed by atoms with Gasteiger partial charge < -0.3 is 15.0 Å². The minimum absolute atomic E-state index is 0.181. The first-order valence-corrected chi connectivity index (χ1v) is 8.92. The van der Waals surface area contributed by atoms with Crippen LogP contribution in [0, 0.1) is 0 Å². The van der Waals surface area contributed by atoms with E-state index in [1.54, 1.807) is 0 Å². The number of ether oxygens (including phenoxy) is 1. The zero-order valence-corrected chi connectivity index (χ0v) is 14.3. The number of aryl methyl sites for hydroxylation is 1. The molecule has 1 saturated heterocycles. The zero-order chi connectivity index (χ0) is 14.9. The van der Waals surface area contributed by atoms with Gasteiger partial charge in [-0.1, -0.05) is 0 Å². The van der Waals surface area contributed by atoms with Crippen LogP contribution in [0.25, 0.3) is 0 Å². The fourth-order valence-electron chi connectivity index (χ4n) is 3.01. The van der Waals surface area contributed by atoms with Crippen molar-refractivity contribution < 1.29 is 4.74 Å². The number of nitrogens with zero attached hydrogens (tertiary/aromatic N) is 2. The third-order valence-electron chi connectivity index (χ3n) is 4.22. The summed E-state index contributed by atoms with van der Waals surface area (Å²) in [5.74, 6) is 0.582. The van der Waals surface area contributed by atoms with Crippen LogP contribution in [0.5, 0.6) is 0 Å². The lowest BCUT2D eigenvalue weighted by molar-refractivity contribution is 0.122. The van der Waals surface area contributed by atoms with Crippen molar-refractivity contribution in [2.45, 2.75) is 51.5 Å². The first-order valence-electron chi connectivity index (χ1n) is 8.10. The van der Waals surface area contributed by atoms with Gasteiger partial charge >= 0.3 is 0 Å². The Kier molecular flexibility index (Phi) is 4.52. The second-order valence-electron chi connectivity index (χ2n) is 7.12. The first kappa shape index (κ1) is 15.3. The van der Waals surface area contributed by atoms with Crippen LogP contribution in [0.3, 0.4) is 0 Å². The fraction of sp³-hybridized carbons (Fsp3) is 0.812. The summed E-state index contributed by atoms with van der Waals surface area (Å²) in [6.07, 6.45) is 3.78. The van der Waals surface area contributed by atoms with Crippen molar-refractivity contribution in [3.8, 4) is 0 Å². The highest BCUT2D eigenvalue weighted by atomic mass is 32.1. The topological polar surface area (TPSA) is 37.4 Å². The van der Waals surface area contributed by atoms with Gasteiger partial charge in [0.15, 0.2) is 5.13 Å². The molecule has 1 atom stereocenters. The molecule has 1 fully saturated rings. The Bertz CT molecular complexity index is 474. The number of rotatable bonds is 3. The highest BCUT2D eigenvalue weighted by Gasteiger charge is 2.27. The molecule has 1 aromatic rings. The van der Waals surface area contributed by atoms with Gasteiger partial charge in [-0.3, -0.25) is 0 Å². The quantitative estimate of drug-likeness (QED) is 0.931. The summed E-state index contributed by atoms with van der Waals surface area (Å²) in [7, 11) is 0. The SMILES string of the molecule is CC(C)(C)NCC1CCCc2sc(N3CCOCC3)nc21. The van der Waals surface area contributed by atoms with Crippen molar-refractivity contribution in [1.82, 2.24) is 10.3 Å². The van der Waals surface area contributed by atoms with Crippen molar-refractivity contribution in [3.63, 3.8) is 0 Å². The van der Waals surface area contributed by atoms with Gasteiger partial charge in [0.1, 0.15) is 0 Å². The number of hydrogen-bond donors (Lipinski definition) is 1. The number of thiazole rings is 1. The second-order valence-corrected chi connectivity index (χ2v) is 8.19. The lowest BCUT2D eigenvalue weighted by Crippen LogP contribution is -2.39. The van der Waals surface area contributed by atoms with Crippen LogP contribution in [0.1, 0.15) is 50.1 Å². The van der Waals surface area contributed by atoms with Gasteiger partial charge in [-0.05, 0) is 40.0 Å². The van der Waals surface area contributed by atoms with E-state index in [0.717, 1.165) is 32.8 Å². The Labute approximate surface area is 131 Å². The van der Waals surface area contributed by atoms with E-state index >= 15 is 0 Å². The predicted octanol–water partition coefficient (Wildman–Crippen LogP) is 2.79. The summed E-state index contributed by atoms with van der Waals surface area (Å²) < 4.78 is 5.45. The van der Waals surface area contributed by atoms with Crippen molar-refractivity contribution in [2.24, 2.45) is 0 Å². The molecule has 1 aliphatic carbocycles. The molecule has 21 heavy (non-hydrogen) atoms. The highest BCUT2D eigenvalue weighted by molar-refractivity contribution is 7.15. The largest absolute Gasteiger partial charge is 0.378 e. The number of aromatic nitrogens is 1. The van der Waals surface area contributed by atoms with E-state index in [1.807, 2.05) is 11.3 Å². The van der Waals surface area contributed by atoms with Gasteiger partial charge in [-0.2, -0.15) is 0 Å². The van der Waals surface area contributed by atoms with Crippen molar-refractivity contribution in [1.29, 1.82) is 0 Å². The molecule has 0 amide bonds. The number of fused-ring (bicyclic) bond motifs is 1. The number of anilines is 1. The molecule has 1 N–H and O–H groups in total. The van der Waals surface area contributed by atoms with E-state index in [9.17, 15) is 0 Å². The first-order chi connectivity index (χ1) is 10.0. The molecule has 1 unspecified atom stereocenters. The van der Waals surface area contributed by atoms with Crippen molar-refractivity contribution >= 4 is 16.5 Å². The summed E-state index contributed by atoms with van der Waals surface area (Å²) in [6, 6.07) is 0. The van der Waals surface area contributed by atoms with E-state index in [-0.39, 0.29) is 5.54 Å². The summed E-state index contributed by atoms with van der Waals surface area (Å²) in [4.78, 5) is 8.91. The third kappa shape index (κ3) is 3.76. The maximum absolute atomic E-state index is 5.45. The van der Waals surface area contributed by atoms with Gasteiger partial charge in [0.25, 0.3) is 0 Å². The van der Waals surface area contributed by atoms with Gasteiger partial charge in [-0.15, -0.1) is 11.3 Å². The van der Waals surface area contributed by atoms with E-state index in [0.29, 0.717) is 5.92 Å². The molecule has 3 rings (SSSR count). The standard InChI is InChI=1S/C16H27N3OS/c1-16(2,3)17-11-12-5-4-6-13-14(12)18-15(21-13)19-7-9-20-10-8-19/h12,17H,4-11H2,1-3H3. The Morgan fingerprint density at radius 1 is 1.33 bits per heavy atom. The average Bonchev–Trinajstić information content (AvgIpc) is 2.89. The molecule has 5 heteroatoms. The summed E-state index contributed by atoms with van der Waals surface area (Å²) in [6.45, 7) is 11.4. The molecular formula is C16H27N3OS. The van der Waals surface area contributed by atoms with Gasteiger partial charge in [0, 0.05) is 36.0 Å². The van der Waals surface area contributed by atoms with E-state index in [1.165, 1.54) is 35.0 Å².